The fraction of sp³-hybridized carbons (Fsp3) is 0.333. The number of hydrogen-bond acceptors (Lipinski definition) is 6. The Morgan fingerprint density at radius 2 is 1.80 bits per heavy atom. The summed E-state index contributed by atoms with van der Waals surface area (Å²) in [6.07, 6.45) is -1.56. The Balaban J connectivity index is 1.64. The van der Waals surface area contributed by atoms with E-state index in [9.17, 15) is 22.4 Å². The minimum Gasteiger partial charge on any atom is -0.371 e. The van der Waals surface area contributed by atoms with E-state index in [-0.39, 0.29) is 17.8 Å². The molecule has 0 radical (unpaired) electrons. The SMILES string of the molecule is Cc1ccc(NC(=O)c2cc(N(C)CCN(C)C)c(F)c(C(F)(F)F)c2)cc1-n1cc(-c2cnn(C)c2C)nn1. The van der Waals surface area contributed by atoms with E-state index < -0.39 is 23.5 Å². The number of aromatic nitrogens is 5. The average molecular weight is 559 g/mol. The number of aryl methyl sites for hydroxylation is 2. The molecule has 4 rings (SSSR count). The number of amides is 1. The van der Waals surface area contributed by atoms with Crippen LogP contribution in [-0.4, -0.2) is 69.8 Å². The molecule has 9 nitrogen and oxygen atoms in total. The maximum absolute atomic E-state index is 14.9. The van der Waals surface area contributed by atoms with Crippen molar-refractivity contribution in [2.75, 3.05) is 44.4 Å². The number of rotatable bonds is 8. The second-order valence-electron chi connectivity index (χ2n) is 9.85. The van der Waals surface area contributed by atoms with Crippen LogP contribution in [0.3, 0.4) is 0 Å². The first-order chi connectivity index (χ1) is 18.8. The standard InChI is InChI=1S/C27H30F4N8O/c1-16-7-8-19(13-23(16)39-15-22(34-35-39)20-14-32-38(6)17(20)2)33-26(40)18-11-21(27(29,30)31)25(28)24(12-18)37(5)10-9-36(3)4/h7-8,11-15H,9-10H2,1-6H3,(H,33,40). The van der Waals surface area contributed by atoms with E-state index in [0.29, 0.717) is 29.7 Å². The van der Waals surface area contributed by atoms with E-state index >= 15 is 0 Å². The van der Waals surface area contributed by atoms with Gasteiger partial charge < -0.3 is 15.1 Å². The molecular formula is C27H30F4N8O. The molecule has 0 spiro atoms. The summed E-state index contributed by atoms with van der Waals surface area (Å²) in [4.78, 5) is 16.3. The Labute approximate surface area is 229 Å². The minimum absolute atomic E-state index is 0.256. The van der Waals surface area contributed by atoms with Crippen molar-refractivity contribution >= 4 is 17.3 Å². The highest BCUT2D eigenvalue weighted by Crippen LogP contribution is 2.36. The van der Waals surface area contributed by atoms with Gasteiger partial charge in [0.1, 0.15) is 5.69 Å². The second-order valence-corrected chi connectivity index (χ2v) is 9.85. The van der Waals surface area contributed by atoms with E-state index in [1.165, 1.54) is 11.9 Å². The molecular weight excluding hydrogens is 528 g/mol. The molecule has 1 N–H and O–H groups in total. The van der Waals surface area contributed by atoms with Crippen molar-refractivity contribution in [3.63, 3.8) is 0 Å². The zero-order chi connectivity index (χ0) is 29.4. The van der Waals surface area contributed by atoms with Crippen LogP contribution in [0.4, 0.5) is 28.9 Å². The molecule has 0 aliphatic carbocycles. The lowest BCUT2D eigenvalue weighted by atomic mass is 10.1. The molecule has 1 amide bonds. The number of nitrogens with one attached hydrogen (secondary N) is 1. The molecule has 0 aliphatic rings. The van der Waals surface area contributed by atoms with E-state index in [4.69, 9.17) is 0 Å². The first kappa shape index (κ1) is 28.7. The Hall–Kier alpha value is -4.26. The van der Waals surface area contributed by atoms with Crippen molar-refractivity contribution < 1.29 is 22.4 Å². The number of carbonyl (C=O) groups is 1. The van der Waals surface area contributed by atoms with Crippen LogP contribution in [-0.2, 0) is 13.2 Å². The Morgan fingerprint density at radius 1 is 1.07 bits per heavy atom. The fourth-order valence-electron chi connectivity index (χ4n) is 4.09. The molecule has 0 unspecified atom stereocenters. The number of hydrogen-bond donors (Lipinski definition) is 1. The van der Waals surface area contributed by atoms with E-state index in [2.05, 4.69) is 20.7 Å². The summed E-state index contributed by atoms with van der Waals surface area (Å²) in [5.41, 5.74) is 1.95. The van der Waals surface area contributed by atoms with E-state index in [0.717, 1.165) is 22.9 Å². The number of benzene rings is 2. The number of halogens is 4. The predicted octanol–water partition coefficient (Wildman–Crippen LogP) is 4.69. The highest BCUT2D eigenvalue weighted by molar-refractivity contribution is 6.05. The van der Waals surface area contributed by atoms with Gasteiger partial charge in [0.25, 0.3) is 5.91 Å². The summed E-state index contributed by atoms with van der Waals surface area (Å²) in [5, 5.41) is 15.3. The van der Waals surface area contributed by atoms with Crippen molar-refractivity contribution in [3.8, 4) is 16.9 Å². The van der Waals surface area contributed by atoms with Crippen LogP contribution in [0.1, 0.15) is 27.2 Å². The highest BCUT2D eigenvalue weighted by Gasteiger charge is 2.37. The number of anilines is 2. The third kappa shape index (κ3) is 5.98. The molecule has 0 saturated carbocycles. The number of nitrogens with zero attached hydrogens (tertiary/aromatic N) is 7. The monoisotopic (exact) mass is 558 g/mol. The van der Waals surface area contributed by atoms with Crippen LogP contribution in [0.25, 0.3) is 16.9 Å². The lowest BCUT2D eigenvalue weighted by molar-refractivity contribution is -0.139. The summed E-state index contributed by atoms with van der Waals surface area (Å²) in [6.45, 7) is 4.49. The van der Waals surface area contributed by atoms with Crippen LogP contribution in [0.5, 0.6) is 0 Å². The highest BCUT2D eigenvalue weighted by atomic mass is 19.4. The maximum Gasteiger partial charge on any atom is 0.419 e. The zero-order valence-electron chi connectivity index (χ0n) is 23.0. The van der Waals surface area contributed by atoms with Gasteiger partial charge in [0.2, 0.25) is 0 Å². The van der Waals surface area contributed by atoms with Gasteiger partial charge in [-0.3, -0.25) is 9.48 Å². The van der Waals surface area contributed by atoms with Crippen LogP contribution in [0.15, 0.2) is 42.7 Å². The van der Waals surface area contributed by atoms with Gasteiger partial charge in [0.15, 0.2) is 5.82 Å². The summed E-state index contributed by atoms with van der Waals surface area (Å²) in [7, 11) is 6.90. The van der Waals surface area contributed by atoms with Crippen molar-refractivity contribution in [1.29, 1.82) is 0 Å². The Bertz CT molecular complexity index is 1540. The smallest absolute Gasteiger partial charge is 0.371 e. The molecule has 0 fully saturated rings. The van der Waals surface area contributed by atoms with E-state index in [1.807, 2.05) is 25.8 Å². The molecule has 0 atom stereocenters. The van der Waals surface area contributed by atoms with Crippen LogP contribution >= 0.6 is 0 Å². The number of alkyl halides is 3. The molecule has 0 saturated heterocycles. The molecule has 4 aromatic rings. The first-order valence-corrected chi connectivity index (χ1v) is 12.4. The molecule has 0 bridgehead atoms. The van der Waals surface area contributed by atoms with E-state index in [1.54, 1.807) is 54.1 Å². The van der Waals surface area contributed by atoms with Crippen molar-refractivity contribution in [2.45, 2.75) is 20.0 Å². The molecule has 2 aromatic carbocycles. The number of carbonyl (C=O) groups excluding carboxylic acids is 1. The molecule has 2 aromatic heterocycles. The van der Waals surface area contributed by atoms with Gasteiger partial charge in [-0.05, 0) is 57.8 Å². The van der Waals surface area contributed by atoms with Crippen molar-refractivity contribution in [1.82, 2.24) is 29.7 Å². The third-order valence-electron chi connectivity index (χ3n) is 6.63. The molecule has 0 aliphatic heterocycles. The summed E-state index contributed by atoms with van der Waals surface area (Å²) in [5.74, 6) is -2.23. The fourth-order valence-corrected chi connectivity index (χ4v) is 4.09. The van der Waals surface area contributed by atoms with Gasteiger partial charge in [-0.25, -0.2) is 9.07 Å². The Morgan fingerprint density at radius 3 is 2.42 bits per heavy atom. The van der Waals surface area contributed by atoms with Crippen LogP contribution < -0.4 is 10.2 Å². The van der Waals surface area contributed by atoms with Crippen molar-refractivity contribution in [2.24, 2.45) is 7.05 Å². The minimum atomic E-state index is -4.98. The van der Waals surface area contributed by atoms with Gasteiger partial charge in [0.05, 0.1) is 29.3 Å². The van der Waals surface area contributed by atoms with Gasteiger partial charge in [-0.15, -0.1) is 5.10 Å². The lowest BCUT2D eigenvalue weighted by Gasteiger charge is -2.24. The predicted molar refractivity (Wildman–Crippen MR) is 144 cm³/mol. The molecule has 2 heterocycles. The summed E-state index contributed by atoms with van der Waals surface area (Å²) < 4.78 is 59.3. The van der Waals surface area contributed by atoms with Gasteiger partial charge >= 0.3 is 6.18 Å². The maximum atomic E-state index is 14.9. The molecule has 13 heteroatoms. The molecule has 40 heavy (non-hydrogen) atoms. The summed E-state index contributed by atoms with van der Waals surface area (Å²) >= 11 is 0. The largest absolute Gasteiger partial charge is 0.419 e. The second kappa shape index (κ2) is 11.1. The third-order valence-corrected chi connectivity index (χ3v) is 6.63. The zero-order valence-corrected chi connectivity index (χ0v) is 23.0. The summed E-state index contributed by atoms with van der Waals surface area (Å²) in [6, 6.07) is 6.67. The molecule has 212 valence electrons. The quantitative estimate of drug-likeness (QED) is 0.316. The Kier molecular flexibility index (Phi) is 7.96. The first-order valence-electron chi connectivity index (χ1n) is 12.4. The van der Waals surface area contributed by atoms with Gasteiger partial charge in [0, 0.05) is 49.7 Å². The average Bonchev–Trinajstić information content (AvgIpc) is 3.49. The lowest BCUT2D eigenvalue weighted by Crippen LogP contribution is -2.30. The van der Waals surface area contributed by atoms with Crippen molar-refractivity contribution in [3.05, 3.63) is 70.9 Å². The number of likely N-dealkylation sites (N-methyl/N-ethyl adjacent to an activating group) is 2. The van der Waals surface area contributed by atoms with Gasteiger partial charge in [-0.1, -0.05) is 11.3 Å². The van der Waals surface area contributed by atoms with Crippen LogP contribution in [0, 0.1) is 19.7 Å². The normalized spacial score (nSPS) is 11.8. The topological polar surface area (TPSA) is 84.1 Å². The van der Waals surface area contributed by atoms with Crippen LogP contribution in [0.2, 0.25) is 0 Å². The van der Waals surface area contributed by atoms with Gasteiger partial charge in [-0.2, -0.15) is 18.3 Å².